The number of nitrogens with one attached hydrogen (secondary N) is 1. The van der Waals surface area contributed by atoms with Crippen LogP contribution in [0.4, 0.5) is 5.88 Å². The van der Waals surface area contributed by atoms with Crippen molar-refractivity contribution in [3.8, 4) is 0 Å². The maximum absolute atomic E-state index is 11.2. The predicted octanol–water partition coefficient (Wildman–Crippen LogP) is 2.02. The van der Waals surface area contributed by atoms with Gasteiger partial charge in [0.1, 0.15) is 0 Å². The maximum Gasteiger partial charge on any atom is 0.226 e. The molecule has 0 atom stereocenters. The van der Waals surface area contributed by atoms with Gasteiger partial charge in [0.25, 0.3) is 0 Å². The van der Waals surface area contributed by atoms with Crippen molar-refractivity contribution in [3.05, 3.63) is 18.4 Å². The van der Waals surface area contributed by atoms with Gasteiger partial charge in [0, 0.05) is 12.5 Å². The highest BCUT2D eigenvalue weighted by Gasteiger charge is 2.24. The van der Waals surface area contributed by atoms with Gasteiger partial charge >= 0.3 is 0 Å². The normalized spacial score (nSPS) is 16.0. The first-order chi connectivity index (χ1) is 5.84. The van der Waals surface area contributed by atoms with Crippen LogP contribution in [0.5, 0.6) is 0 Å². The third-order valence-electron chi connectivity index (χ3n) is 1.95. The molecule has 0 radical (unpaired) electrons. The summed E-state index contributed by atoms with van der Waals surface area (Å²) in [5.41, 5.74) is 0. The molecule has 0 aliphatic heterocycles. The van der Waals surface area contributed by atoms with Crippen LogP contribution in [0.1, 0.15) is 19.3 Å². The summed E-state index contributed by atoms with van der Waals surface area (Å²) in [6, 6.07) is 3.50. The van der Waals surface area contributed by atoms with E-state index in [0.29, 0.717) is 18.2 Å². The van der Waals surface area contributed by atoms with E-state index in [1.807, 2.05) is 0 Å². The van der Waals surface area contributed by atoms with E-state index in [2.05, 4.69) is 5.32 Å². The molecule has 1 heterocycles. The van der Waals surface area contributed by atoms with E-state index in [-0.39, 0.29) is 5.91 Å². The highest BCUT2D eigenvalue weighted by atomic mass is 16.3. The van der Waals surface area contributed by atoms with Gasteiger partial charge in [-0.3, -0.25) is 10.1 Å². The number of rotatable bonds is 3. The Kier molecular flexibility index (Phi) is 1.86. The van der Waals surface area contributed by atoms with Crippen molar-refractivity contribution >= 4 is 11.8 Å². The minimum absolute atomic E-state index is 0.0625. The molecule has 64 valence electrons. The first kappa shape index (κ1) is 7.40. The van der Waals surface area contributed by atoms with Crippen molar-refractivity contribution in [2.45, 2.75) is 19.3 Å². The van der Waals surface area contributed by atoms with Crippen LogP contribution in [0.2, 0.25) is 0 Å². The molecule has 1 amide bonds. The Labute approximate surface area is 70.8 Å². The summed E-state index contributed by atoms with van der Waals surface area (Å²) >= 11 is 0. The Hall–Kier alpha value is -1.25. The number of carbonyl (C=O) groups is 1. The van der Waals surface area contributed by atoms with Crippen molar-refractivity contribution in [3.63, 3.8) is 0 Å². The molecule has 1 aromatic rings. The average Bonchev–Trinajstić information content (AvgIpc) is 2.66. The fraction of sp³-hybridized carbons (Fsp3) is 0.444. The topological polar surface area (TPSA) is 42.2 Å². The van der Waals surface area contributed by atoms with Gasteiger partial charge < -0.3 is 4.42 Å². The van der Waals surface area contributed by atoms with E-state index in [0.717, 1.165) is 0 Å². The lowest BCUT2D eigenvalue weighted by Gasteiger charge is -1.98. The smallest absolute Gasteiger partial charge is 0.226 e. The van der Waals surface area contributed by atoms with Crippen molar-refractivity contribution in [2.24, 2.45) is 5.92 Å². The molecule has 1 aliphatic rings. The van der Waals surface area contributed by atoms with E-state index in [4.69, 9.17) is 4.42 Å². The summed E-state index contributed by atoms with van der Waals surface area (Å²) in [6.07, 6.45) is 4.59. The van der Waals surface area contributed by atoms with Crippen LogP contribution in [0, 0.1) is 5.92 Å². The molecule has 1 aromatic heterocycles. The average molecular weight is 165 g/mol. The maximum atomic E-state index is 11.2. The van der Waals surface area contributed by atoms with Crippen LogP contribution < -0.4 is 5.32 Å². The van der Waals surface area contributed by atoms with Gasteiger partial charge in [0.05, 0.1) is 6.26 Å². The zero-order valence-electron chi connectivity index (χ0n) is 6.75. The van der Waals surface area contributed by atoms with E-state index >= 15 is 0 Å². The Morgan fingerprint density at radius 3 is 3.08 bits per heavy atom. The van der Waals surface area contributed by atoms with Crippen molar-refractivity contribution in [1.29, 1.82) is 0 Å². The van der Waals surface area contributed by atoms with Gasteiger partial charge in [-0.25, -0.2) is 0 Å². The predicted molar refractivity (Wildman–Crippen MR) is 44.7 cm³/mol. The monoisotopic (exact) mass is 165 g/mol. The molecule has 1 fully saturated rings. The second-order valence-electron chi connectivity index (χ2n) is 3.17. The van der Waals surface area contributed by atoms with Crippen LogP contribution >= 0.6 is 0 Å². The van der Waals surface area contributed by atoms with E-state index < -0.39 is 0 Å². The Morgan fingerprint density at radius 1 is 1.67 bits per heavy atom. The summed E-state index contributed by atoms with van der Waals surface area (Å²) in [6.45, 7) is 0. The Morgan fingerprint density at radius 2 is 2.50 bits per heavy atom. The van der Waals surface area contributed by atoms with Crippen molar-refractivity contribution < 1.29 is 9.21 Å². The fourth-order valence-corrected chi connectivity index (χ4v) is 1.12. The van der Waals surface area contributed by atoms with Gasteiger partial charge in [0.2, 0.25) is 5.91 Å². The molecule has 1 N–H and O–H groups in total. The lowest BCUT2D eigenvalue weighted by molar-refractivity contribution is -0.116. The molecule has 0 spiro atoms. The molecule has 0 saturated heterocycles. The number of hydrogen-bond acceptors (Lipinski definition) is 2. The summed E-state index contributed by atoms with van der Waals surface area (Å²) in [4.78, 5) is 11.2. The summed E-state index contributed by atoms with van der Waals surface area (Å²) in [7, 11) is 0. The van der Waals surface area contributed by atoms with Gasteiger partial charge in [-0.05, 0) is 24.8 Å². The lowest BCUT2D eigenvalue weighted by atomic mass is 10.3. The number of furan rings is 1. The quantitative estimate of drug-likeness (QED) is 0.744. The molecule has 1 saturated carbocycles. The van der Waals surface area contributed by atoms with Gasteiger partial charge in [-0.2, -0.15) is 0 Å². The third kappa shape index (κ3) is 1.87. The van der Waals surface area contributed by atoms with E-state index in [1.165, 1.54) is 12.8 Å². The van der Waals surface area contributed by atoms with Crippen LogP contribution in [0.15, 0.2) is 22.8 Å². The van der Waals surface area contributed by atoms with Crippen molar-refractivity contribution in [2.75, 3.05) is 5.32 Å². The molecule has 0 bridgehead atoms. The number of carbonyl (C=O) groups excluding carboxylic acids is 1. The van der Waals surface area contributed by atoms with Crippen LogP contribution in [0.3, 0.4) is 0 Å². The zero-order chi connectivity index (χ0) is 8.39. The van der Waals surface area contributed by atoms with Crippen molar-refractivity contribution in [1.82, 2.24) is 0 Å². The molecule has 2 rings (SSSR count). The van der Waals surface area contributed by atoms with Gasteiger partial charge in [-0.1, -0.05) is 0 Å². The van der Waals surface area contributed by atoms with E-state index in [9.17, 15) is 4.79 Å². The number of amides is 1. The standard InChI is InChI=1S/C9H11NO2/c11-8(6-7-3-4-7)10-9-2-1-5-12-9/h1-2,5,7H,3-4,6H2,(H,10,11). The summed E-state index contributed by atoms with van der Waals surface area (Å²) in [5, 5.41) is 2.69. The molecule has 1 aliphatic carbocycles. The zero-order valence-corrected chi connectivity index (χ0v) is 6.75. The van der Waals surface area contributed by atoms with Crippen LogP contribution in [-0.2, 0) is 4.79 Å². The second kappa shape index (κ2) is 3.01. The molecule has 3 heteroatoms. The molecule has 0 unspecified atom stereocenters. The number of hydrogen-bond donors (Lipinski definition) is 1. The summed E-state index contributed by atoms with van der Waals surface area (Å²) in [5.74, 6) is 1.23. The van der Waals surface area contributed by atoms with E-state index in [1.54, 1.807) is 18.4 Å². The molecule has 0 aromatic carbocycles. The first-order valence-corrected chi connectivity index (χ1v) is 4.18. The first-order valence-electron chi connectivity index (χ1n) is 4.18. The minimum atomic E-state index is 0.0625. The summed E-state index contributed by atoms with van der Waals surface area (Å²) < 4.78 is 4.97. The molecule has 12 heavy (non-hydrogen) atoms. The van der Waals surface area contributed by atoms with Crippen LogP contribution in [-0.4, -0.2) is 5.91 Å². The van der Waals surface area contributed by atoms with Crippen LogP contribution in [0.25, 0.3) is 0 Å². The Bertz CT molecular complexity index is 262. The van der Waals surface area contributed by atoms with Gasteiger partial charge in [0.15, 0.2) is 5.88 Å². The highest BCUT2D eigenvalue weighted by Crippen LogP contribution is 2.32. The highest BCUT2D eigenvalue weighted by molar-refractivity contribution is 5.89. The fourth-order valence-electron chi connectivity index (χ4n) is 1.12. The Balaban J connectivity index is 1.82. The van der Waals surface area contributed by atoms with Gasteiger partial charge in [-0.15, -0.1) is 0 Å². The molecular formula is C9H11NO2. The SMILES string of the molecule is O=C(CC1CC1)Nc1ccco1. The molecular weight excluding hydrogens is 154 g/mol. The molecule has 3 nitrogen and oxygen atoms in total. The lowest BCUT2D eigenvalue weighted by Crippen LogP contribution is -2.10. The largest absolute Gasteiger partial charge is 0.449 e. The minimum Gasteiger partial charge on any atom is -0.449 e. The second-order valence-corrected chi connectivity index (χ2v) is 3.17. The number of anilines is 1. The third-order valence-corrected chi connectivity index (χ3v) is 1.95.